The zero-order valence-electron chi connectivity index (χ0n) is 16.4. The lowest BCUT2D eigenvalue weighted by Gasteiger charge is -2.17. The van der Waals surface area contributed by atoms with Gasteiger partial charge in [0.15, 0.2) is 5.78 Å². The van der Waals surface area contributed by atoms with Crippen molar-refractivity contribution in [2.75, 3.05) is 6.54 Å². The minimum Gasteiger partial charge on any atom is -0.326 e. The van der Waals surface area contributed by atoms with Crippen LogP contribution in [0.2, 0.25) is 0 Å². The van der Waals surface area contributed by atoms with Crippen LogP contribution in [0.4, 0.5) is 0 Å². The Morgan fingerprint density at radius 1 is 1.03 bits per heavy atom. The summed E-state index contributed by atoms with van der Waals surface area (Å²) in [6.07, 6.45) is 4.11. The molecule has 1 N–H and O–H groups in total. The molecule has 2 aromatic carbocycles. The largest absolute Gasteiger partial charge is 0.326 e. The third-order valence-electron chi connectivity index (χ3n) is 5.52. The fourth-order valence-corrected chi connectivity index (χ4v) is 3.87. The summed E-state index contributed by atoms with van der Waals surface area (Å²) in [5, 5.41) is 5.52. The predicted molar refractivity (Wildman–Crippen MR) is 114 cm³/mol. The monoisotopic (exact) mass is 382 g/mol. The van der Waals surface area contributed by atoms with Crippen LogP contribution in [0.3, 0.4) is 0 Å². The molecule has 144 valence electrons. The Kier molecular flexibility index (Phi) is 4.45. The number of pyridine rings is 1. The SMILES string of the molecule is Cc1ccc(C(=O)Cc2cc3cc(-c4cnc5n4CCNC5)ccc3cn2)cc1. The van der Waals surface area contributed by atoms with Gasteiger partial charge in [0.1, 0.15) is 5.82 Å². The van der Waals surface area contributed by atoms with Crippen molar-refractivity contribution in [1.82, 2.24) is 19.9 Å². The number of ketones is 1. The van der Waals surface area contributed by atoms with Crippen LogP contribution in [-0.4, -0.2) is 26.9 Å². The maximum absolute atomic E-state index is 12.6. The topological polar surface area (TPSA) is 59.8 Å². The molecule has 4 aromatic rings. The highest BCUT2D eigenvalue weighted by atomic mass is 16.1. The Morgan fingerprint density at radius 2 is 1.90 bits per heavy atom. The molecule has 0 spiro atoms. The highest BCUT2D eigenvalue weighted by molar-refractivity contribution is 5.98. The van der Waals surface area contributed by atoms with Crippen LogP contribution in [0, 0.1) is 6.92 Å². The molecule has 1 aliphatic heterocycles. The summed E-state index contributed by atoms with van der Waals surface area (Å²) in [6.45, 7) is 4.71. The number of aromatic nitrogens is 3. The van der Waals surface area contributed by atoms with Gasteiger partial charge in [0, 0.05) is 41.5 Å². The van der Waals surface area contributed by atoms with Crippen molar-refractivity contribution in [2.24, 2.45) is 0 Å². The molecule has 0 radical (unpaired) electrons. The van der Waals surface area contributed by atoms with Crippen molar-refractivity contribution < 1.29 is 4.79 Å². The Morgan fingerprint density at radius 3 is 2.76 bits per heavy atom. The van der Waals surface area contributed by atoms with Gasteiger partial charge in [-0.05, 0) is 24.4 Å². The summed E-state index contributed by atoms with van der Waals surface area (Å²) in [7, 11) is 0. The smallest absolute Gasteiger partial charge is 0.168 e. The molecule has 29 heavy (non-hydrogen) atoms. The maximum Gasteiger partial charge on any atom is 0.168 e. The first kappa shape index (κ1) is 17.8. The van der Waals surface area contributed by atoms with E-state index in [-0.39, 0.29) is 5.78 Å². The number of Topliss-reactive ketones (excluding diaryl/α,β-unsaturated/α-hetero) is 1. The molecular formula is C24H22N4O. The van der Waals surface area contributed by atoms with Crippen LogP contribution >= 0.6 is 0 Å². The third kappa shape index (κ3) is 3.45. The minimum atomic E-state index is 0.0883. The third-order valence-corrected chi connectivity index (χ3v) is 5.52. The highest BCUT2D eigenvalue weighted by Crippen LogP contribution is 2.26. The van der Waals surface area contributed by atoms with Gasteiger partial charge in [0.05, 0.1) is 24.9 Å². The van der Waals surface area contributed by atoms with Gasteiger partial charge in [-0.25, -0.2) is 4.98 Å². The van der Waals surface area contributed by atoms with Gasteiger partial charge in [-0.1, -0.05) is 42.0 Å². The van der Waals surface area contributed by atoms with Gasteiger partial charge in [0.2, 0.25) is 0 Å². The molecular weight excluding hydrogens is 360 g/mol. The van der Waals surface area contributed by atoms with E-state index in [2.05, 4.69) is 38.1 Å². The Bertz CT molecular complexity index is 1210. The molecule has 1 aliphatic rings. The van der Waals surface area contributed by atoms with E-state index in [0.29, 0.717) is 6.42 Å². The highest BCUT2D eigenvalue weighted by Gasteiger charge is 2.15. The number of nitrogens with one attached hydrogen (secondary N) is 1. The number of nitrogens with zero attached hydrogens (tertiary/aromatic N) is 3. The van der Waals surface area contributed by atoms with E-state index >= 15 is 0 Å². The number of imidazole rings is 1. The maximum atomic E-state index is 12.6. The summed E-state index contributed by atoms with van der Waals surface area (Å²) in [6, 6.07) is 16.1. The van der Waals surface area contributed by atoms with E-state index < -0.39 is 0 Å². The number of hydrogen-bond acceptors (Lipinski definition) is 4. The second kappa shape index (κ2) is 7.26. The molecule has 0 saturated carbocycles. The van der Waals surface area contributed by atoms with Gasteiger partial charge in [-0.2, -0.15) is 0 Å². The van der Waals surface area contributed by atoms with Gasteiger partial charge < -0.3 is 9.88 Å². The summed E-state index contributed by atoms with van der Waals surface area (Å²) in [5.41, 5.74) is 4.94. The molecule has 2 aromatic heterocycles. The molecule has 5 heteroatoms. The summed E-state index contributed by atoms with van der Waals surface area (Å²) >= 11 is 0. The van der Waals surface area contributed by atoms with Crippen LogP contribution in [0.25, 0.3) is 22.0 Å². The lowest BCUT2D eigenvalue weighted by Crippen LogP contribution is -2.28. The van der Waals surface area contributed by atoms with Gasteiger partial charge in [-0.15, -0.1) is 0 Å². The van der Waals surface area contributed by atoms with E-state index in [4.69, 9.17) is 0 Å². The van der Waals surface area contributed by atoms with E-state index in [1.54, 1.807) is 0 Å². The van der Waals surface area contributed by atoms with Crippen molar-refractivity contribution in [3.63, 3.8) is 0 Å². The summed E-state index contributed by atoms with van der Waals surface area (Å²) in [5.74, 6) is 1.16. The zero-order chi connectivity index (χ0) is 19.8. The number of fused-ring (bicyclic) bond motifs is 2. The van der Waals surface area contributed by atoms with E-state index in [0.717, 1.165) is 64.3 Å². The van der Waals surface area contributed by atoms with Crippen molar-refractivity contribution in [3.05, 3.63) is 83.6 Å². The van der Waals surface area contributed by atoms with E-state index in [9.17, 15) is 4.79 Å². The zero-order valence-corrected chi connectivity index (χ0v) is 16.4. The molecule has 3 heterocycles. The number of carbonyl (C=O) groups excluding carboxylic acids is 1. The molecule has 0 atom stereocenters. The first-order valence-corrected chi connectivity index (χ1v) is 9.91. The Hall–Kier alpha value is -3.31. The standard InChI is InChI=1S/C24H22N4O/c1-16-2-4-17(5-3-16)23(29)12-21-11-20-10-18(6-7-19(20)13-26-21)22-14-27-24-15-25-8-9-28(22)24/h2-7,10-11,13-14,25H,8-9,12,15H2,1H3. The molecule has 0 saturated heterocycles. The molecule has 0 amide bonds. The van der Waals surface area contributed by atoms with Gasteiger partial charge in [-0.3, -0.25) is 9.78 Å². The average molecular weight is 382 g/mol. The van der Waals surface area contributed by atoms with E-state index in [1.165, 1.54) is 0 Å². The molecule has 0 fully saturated rings. The first-order chi connectivity index (χ1) is 14.2. The number of carbonyl (C=O) groups is 1. The minimum absolute atomic E-state index is 0.0883. The first-order valence-electron chi connectivity index (χ1n) is 9.91. The quantitative estimate of drug-likeness (QED) is 0.543. The van der Waals surface area contributed by atoms with Crippen molar-refractivity contribution in [2.45, 2.75) is 26.4 Å². The lowest BCUT2D eigenvalue weighted by molar-refractivity contribution is 0.0992. The molecule has 0 bridgehead atoms. The van der Waals surface area contributed by atoms with Crippen LogP contribution in [0.1, 0.15) is 27.4 Å². The van der Waals surface area contributed by atoms with E-state index in [1.807, 2.05) is 49.6 Å². The fourth-order valence-electron chi connectivity index (χ4n) is 3.87. The lowest BCUT2D eigenvalue weighted by atomic mass is 10.0. The molecule has 5 nitrogen and oxygen atoms in total. The number of benzene rings is 2. The number of rotatable bonds is 4. The second-order valence-corrected chi connectivity index (χ2v) is 7.59. The fraction of sp³-hybridized carbons (Fsp3) is 0.208. The molecule has 5 rings (SSSR count). The number of hydrogen-bond donors (Lipinski definition) is 1. The summed E-state index contributed by atoms with van der Waals surface area (Å²) in [4.78, 5) is 21.7. The molecule has 0 aliphatic carbocycles. The van der Waals surface area contributed by atoms with Crippen LogP contribution < -0.4 is 5.32 Å². The Balaban J connectivity index is 1.46. The average Bonchev–Trinajstić information content (AvgIpc) is 3.18. The summed E-state index contributed by atoms with van der Waals surface area (Å²) < 4.78 is 2.28. The van der Waals surface area contributed by atoms with Crippen LogP contribution in [0.5, 0.6) is 0 Å². The van der Waals surface area contributed by atoms with Gasteiger partial charge in [0.25, 0.3) is 0 Å². The number of aryl methyl sites for hydroxylation is 1. The van der Waals surface area contributed by atoms with Crippen molar-refractivity contribution in [3.8, 4) is 11.3 Å². The van der Waals surface area contributed by atoms with Crippen molar-refractivity contribution >= 4 is 16.6 Å². The van der Waals surface area contributed by atoms with Gasteiger partial charge >= 0.3 is 0 Å². The normalized spacial score (nSPS) is 13.4. The predicted octanol–water partition coefficient (Wildman–Crippen LogP) is 3.94. The molecule has 0 unspecified atom stereocenters. The van der Waals surface area contributed by atoms with Crippen molar-refractivity contribution in [1.29, 1.82) is 0 Å². The van der Waals surface area contributed by atoms with Crippen LogP contribution in [0.15, 0.2) is 60.9 Å². The second-order valence-electron chi connectivity index (χ2n) is 7.59. The Labute approximate surface area is 169 Å². The van der Waals surface area contributed by atoms with Crippen LogP contribution in [-0.2, 0) is 19.5 Å².